The van der Waals surface area contributed by atoms with Crippen molar-refractivity contribution in [2.45, 2.75) is 0 Å². The Balaban J connectivity index is 0.871. The molecule has 0 aliphatic heterocycles. The van der Waals surface area contributed by atoms with Gasteiger partial charge in [-0.15, -0.1) is 0 Å². The van der Waals surface area contributed by atoms with Gasteiger partial charge in [0.1, 0.15) is 6.07 Å². The fourth-order valence-electron chi connectivity index (χ4n) is 8.83. The first-order chi connectivity index (χ1) is 32.6. The van der Waals surface area contributed by atoms with Gasteiger partial charge in [0, 0.05) is 27.8 Å². The maximum Gasteiger partial charge on any atom is 0.164 e. The van der Waals surface area contributed by atoms with Gasteiger partial charge in [0.2, 0.25) is 0 Å². The highest BCUT2D eigenvalue weighted by Crippen LogP contribution is 2.36. The van der Waals surface area contributed by atoms with Crippen LogP contribution in [0.2, 0.25) is 0 Å². The zero-order valence-corrected chi connectivity index (χ0v) is 35.6. The van der Waals surface area contributed by atoms with Crippen LogP contribution in [0.5, 0.6) is 0 Å². The van der Waals surface area contributed by atoms with Crippen LogP contribution >= 0.6 is 0 Å². The molecule has 0 bridgehead atoms. The van der Waals surface area contributed by atoms with Crippen LogP contribution in [0.1, 0.15) is 11.1 Å². The Morgan fingerprint density at radius 1 is 0.273 bits per heavy atom. The minimum Gasteiger partial charge on any atom is -0.208 e. The summed E-state index contributed by atoms with van der Waals surface area (Å²) in [7, 11) is 0. The molecule has 66 heavy (non-hydrogen) atoms. The van der Waals surface area contributed by atoms with Gasteiger partial charge in [-0.25, -0.2) is 15.0 Å². The van der Waals surface area contributed by atoms with E-state index in [1.165, 1.54) is 32.7 Å². The largest absolute Gasteiger partial charge is 0.208 e. The Kier molecular flexibility index (Phi) is 10.3. The number of fused-ring (bicyclic) bond motifs is 3. The molecular formula is C61H37N5. The molecule has 1 aromatic heterocycles. The van der Waals surface area contributed by atoms with E-state index in [0.29, 0.717) is 28.6 Å². The number of hydrogen-bond donors (Lipinski definition) is 0. The summed E-state index contributed by atoms with van der Waals surface area (Å²) in [5, 5.41) is 25.8. The van der Waals surface area contributed by atoms with Crippen LogP contribution < -0.4 is 0 Å². The molecule has 0 fully saturated rings. The third-order valence-electron chi connectivity index (χ3n) is 12.3. The molecule has 0 aliphatic rings. The molecule has 5 heteroatoms. The highest BCUT2D eigenvalue weighted by Gasteiger charge is 2.17. The minimum atomic E-state index is 0.469. The quantitative estimate of drug-likeness (QED) is 0.142. The van der Waals surface area contributed by atoms with E-state index in [9.17, 15) is 10.5 Å². The second-order valence-electron chi connectivity index (χ2n) is 16.2. The van der Waals surface area contributed by atoms with Crippen molar-refractivity contribution in [1.82, 2.24) is 15.0 Å². The van der Waals surface area contributed by atoms with Gasteiger partial charge >= 0.3 is 0 Å². The van der Waals surface area contributed by atoms with Crippen LogP contribution in [0, 0.1) is 22.7 Å². The van der Waals surface area contributed by atoms with Crippen molar-refractivity contribution in [3.8, 4) is 102 Å². The molecule has 0 radical (unpaired) electrons. The molecule has 0 unspecified atom stereocenters. The molecule has 11 aromatic rings. The number of benzene rings is 10. The average molecular weight is 840 g/mol. The SMILES string of the molecule is N#Cc1cc(-c2nc(-c3ccccc3)nc(-c3ccc(-c4cccc(-c5ccc(-c6ccc(-c7ccc8ccc9ccccc9c8c7)cc6)cc5)c4C#N)cc3)n2)ccc1-c1ccccc1. The first kappa shape index (κ1) is 39.5. The van der Waals surface area contributed by atoms with E-state index in [4.69, 9.17) is 15.0 Å². The summed E-state index contributed by atoms with van der Waals surface area (Å²) in [4.78, 5) is 14.8. The Bertz CT molecular complexity index is 3680. The number of rotatable bonds is 8. The Morgan fingerprint density at radius 2 is 0.697 bits per heavy atom. The summed E-state index contributed by atoms with van der Waals surface area (Å²) in [5.41, 5.74) is 13.5. The molecule has 0 amide bonds. The predicted octanol–water partition coefficient (Wildman–Crippen LogP) is 15.3. The average Bonchev–Trinajstić information content (AvgIpc) is 3.40. The standard InChI is InChI=1S/C61H37N5/c62-38-52-36-51(34-35-53(52)43-10-3-1-4-11-43)61-65-59(48-13-5-2-6-14-48)64-60(66-61)49-31-28-46(29-32-49)56-17-9-16-55(58(56)39-63)45-24-22-41(23-25-45)40-18-20-42(21-19-40)50-33-30-47-27-26-44-12-7-8-15-54(44)57(47)37-50/h1-37H. The fourth-order valence-corrected chi connectivity index (χ4v) is 8.83. The number of hydrogen-bond acceptors (Lipinski definition) is 5. The van der Waals surface area contributed by atoms with E-state index < -0.39 is 0 Å². The van der Waals surface area contributed by atoms with Crippen molar-refractivity contribution in [2.75, 3.05) is 0 Å². The van der Waals surface area contributed by atoms with Crippen LogP contribution in [0.4, 0.5) is 0 Å². The molecule has 0 saturated carbocycles. The van der Waals surface area contributed by atoms with E-state index in [0.717, 1.165) is 61.2 Å². The highest BCUT2D eigenvalue weighted by atomic mass is 15.0. The monoisotopic (exact) mass is 839 g/mol. The summed E-state index contributed by atoms with van der Waals surface area (Å²) in [6.45, 7) is 0. The lowest BCUT2D eigenvalue weighted by Gasteiger charge is -2.12. The van der Waals surface area contributed by atoms with Gasteiger partial charge in [-0.2, -0.15) is 10.5 Å². The topological polar surface area (TPSA) is 86.2 Å². The van der Waals surface area contributed by atoms with Crippen molar-refractivity contribution < 1.29 is 0 Å². The minimum absolute atomic E-state index is 0.469. The third kappa shape index (κ3) is 7.54. The molecule has 5 nitrogen and oxygen atoms in total. The summed E-state index contributed by atoms with van der Waals surface area (Å²) in [5.74, 6) is 1.50. The van der Waals surface area contributed by atoms with Gasteiger partial charge in [0.25, 0.3) is 0 Å². The first-order valence-corrected chi connectivity index (χ1v) is 21.8. The number of aromatic nitrogens is 3. The zero-order valence-electron chi connectivity index (χ0n) is 35.6. The maximum atomic E-state index is 10.6. The molecule has 0 atom stereocenters. The third-order valence-corrected chi connectivity index (χ3v) is 12.3. The van der Waals surface area contributed by atoms with Crippen LogP contribution in [-0.2, 0) is 0 Å². The molecular weight excluding hydrogens is 803 g/mol. The number of nitriles is 2. The summed E-state index contributed by atoms with van der Waals surface area (Å²) in [6, 6.07) is 81.1. The zero-order chi connectivity index (χ0) is 44.4. The molecule has 0 spiro atoms. The summed E-state index contributed by atoms with van der Waals surface area (Å²) < 4.78 is 0. The normalized spacial score (nSPS) is 11.0. The first-order valence-electron chi connectivity index (χ1n) is 21.8. The van der Waals surface area contributed by atoms with E-state index in [2.05, 4.69) is 115 Å². The van der Waals surface area contributed by atoms with Crippen LogP contribution in [-0.4, -0.2) is 15.0 Å². The molecule has 0 aliphatic carbocycles. The van der Waals surface area contributed by atoms with Crippen LogP contribution in [0.15, 0.2) is 224 Å². The molecule has 306 valence electrons. The number of nitrogens with zero attached hydrogens (tertiary/aromatic N) is 5. The van der Waals surface area contributed by atoms with Crippen molar-refractivity contribution in [1.29, 1.82) is 10.5 Å². The van der Waals surface area contributed by atoms with Crippen molar-refractivity contribution >= 4 is 21.5 Å². The van der Waals surface area contributed by atoms with E-state index in [1.807, 2.05) is 121 Å². The van der Waals surface area contributed by atoms with Crippen molar-refractivity contribution in [2.24, 2.45) is 0 Å². The molecule has 11 rings (SSSR count). The van der Waals surface area contributed by atoms with E-state index in [1.54, 1.807) is 0 Å². The smallest absolute Gasteiger partial charge is 0.164 e. The van der Waals surface area contributed by atoms with Gasteiger partial charge in [-0.3, -0.25) is 0 Å². The lowest BCUT2D eigenvalue weighted by Crippen LogP contribution is -2.00. The van der Waals surface area contributed by atoms with Crippen molar-refractivity contribution in [3.05, 3.63) is 236 Å². The molecule has 1 heterocycles. The van der Waals surface area contributed by atoms with Gasteiger partial charge in [-0.05, 0) is 78.2 Å². The molecule has 0 N–H and O–H groups in total. The predicted molar refractivity (Wildman–Crippen MR) is 268 cm³/mol. The summed E-state index contributed by atoms with van der Waals surface area (Å²) in [6.07, 6.45) is 0. The van der Waals surface area contributed by atoms with Gasteiger partial charge in [0.05, 0.1) is 17.2 Å². The fraction of sp³-hybridized carbons (Fsp3) is 0. The van der Waals surface area contributed by atoms with E-state index in [-0.39, 0.29) is 0 Å². The van der Waals surface area contributed by atoms with Crippen molar-refractivity contribution in [3.63, 3.8) is 0 Å². The second-order valence-corrected chi connectivity index (χ2v) is 16.2. The van der Waals surface area contributed by atoms with Crippen LogP contribution in [0.3, 0.4) is 0 Å². The van der Waals surface area contributed by atoms with Gasteiger partial charge in [0.15, 0.2) is 17.5 Å². The highest BCUT2D eigenvalue weighted by molar-refractivity contribution is 6.08. The Labute approximate surface area is 382 Å². The van der Waals surface area contributed by atoms with Gasteiger partial charge in [-0.1, -0.05) is 212 Å². The second kappa shape index (κ2) is 17.1. The summed E-state index contributed by atoms with van der Waals surface area (Å²) >= 11 is 0. The van der Waals surface area contributed by atoms with Crippen LogP contribution in [0.25, 0.3) is 111 Å². The Morgan fingerprint density at radius 3 is 1.29 bits per heavy atom. The molecule has 0 saturated heterocycles. The van der Waals surface area contributed by atoms with Gasteiger partial charge < -0.3 is 0 Å². The maximum absolute atomic E-state index is 10.6. The lowest BCUT2D eigenvalue weighted by atomic mass is 9.91. The Hall–Kier alpha value is -9.29. The lowest BCUT2D eigenvalue weighted by molar-refractivity contribution is 1.07. The van der Waals surface area contributed by atoms with E-state index >= 15 is 0 Å². The molecule has 10 aromatic carbocycles.